The Balaban J connectivity index is 2.25. The summed E-state index contributed by atoms with van der Waals surface area (Å²) in [5, 5.41) is 21.5. The maximum absolute atomic E-state index is 11.6. The molecule has 2 aromatic rings. The maximum Gasteiger partial charge on any atom is 0.303 e. The molecule has 128 valence electrons. The molecule has 0 radical (unpaired) electrons. The van der Waals surface area contributed by atoms with E-state index in [9.17, 15) is 14.9 Å². The molecule has 0 aliphatic rings. The van der Waals surface area contributed by atoms with E-state index in [1.54, 1.807) is 18.2 Å². The van der Waals surface area contributed by atoms with Crippen LogP contribution < -0.4 is 5.32 Å². The molecule has 0 saturated carbocycles. The number of Topliss-reactive ketones (excluding diaryl/α,β-unsaturated/α-hetero) is 1. The van der Waals surface area contributed by atoms with Crippen molar-refractivity contribution < 1.29 is 14.7 Å². The second-order valence-corrected chi connectivity index (χ2v) is 5.89. The van der Waals surface area contributed by atoms with Gasteiger partial charge in [-0.25, -0.2) is 0 Å². The molecule has 2 rings (SSSR count). The maximum atomic E-state index is 11.6. The van der Waals surface area contributed by atoms with Gasteiger partial charge in [0.1, 0.15) is 6.07 Å². The number of carboxylic acid groups (broad SMARTS) is 1. The molecule has 25 heavy (non-hydrogen) atoms. The van der Waals surface area contributed by atoms with E-state index in [0.717, 1.165) is 5.56 Å². The molecule has 2 aromatic carbocycles. The Kier molecular flexibility index (Phi) is 6.30. The van der Waals surface area contributed by atoms with Gasteiger partial charge < -0.3 is 10.4 Å². The minimum Gasteiger partial charge on any atom is -0.481 e. The lowest BCUT2D eigenvalue weighted by Gasteiger charge is -2.21. The molecule has 0 aliphatic carbocycles. The van der Waals surface area contributed by atoms with Crippen molar-refractivity contribution in [2.75, 3.05) is 5.32 Å². The summed E-state index contributed by atoms with van der Waals surface area (Å²) in [4.78, 5) is 22.6. The largest absolute Gasteiger partial charge is 0.481 e. The van der Waals surface area contributed by atoms with Gasteiger partial charge in [0, 0.05) is 18.0 Å². The predicted octanol–water partition coefficient (Wildman–Crippen LogP) is 3.65. The fraction of sp³-hybridized carbons (Fsp3) is 0.250. The molecule has 0 fully saturated rings. The first-order valence-corrected chi connectivity index (χ1v) is 8.07. The van der Waals surface area contributed by atoms with E-state index in [0.29, 0.717) is 29.7 Å². The quantitative estimate of drug-likeness (QED) is 0.718. The Morgan fingerprint density at radius 1 is 1.20 bits per heavy atom. The molecule has 5 nitrogen and oxygen atoms in total. The summed E-state index contributed by atoms with van der Waals surface area (Å²) < 4.78 is 0. The van der Waals surface area contributed by atoms with Gasteiger partial charge >= 0.3 is 5.97 Å². The first-order valence-electron chi connectivity index (χ1n) is 8.07. The van der Waals surface area contributed by atoms with Crippen LogP contribution in [0.25, 0.3) is 0 Å². The van der Waals surface area contributed by atoms with Crippen LogP contribution in [0.3, 0.4) is 0 Å². The van der Waals surface area contributed by atoms with Gasteiger partial charge in [0.15, 0.2) is 5.78 Å². The number of rotatable bonds is 8. The number of carboxylic acids is 1. The Hall–Kier alpha value is -3.13. The molecule has 0 bridgehead atoms. The number of hydrogen-bond acceptors (Lipinski definition) is 4. The number of nitrogens with zero attached hydrogens (tertiary/aromatic N) is 1. The third kappa shape index (κ3) is 5.47. The van der Waals surface area contributed by atoms with Crippen LogP contribution >= 0.6 is 0 Å². The number of carbonyl (C=O) groups is 2. The highest BCUT2D eigenvalue weighted by atomic mass is 16.4. The predicted molar refractivity (Wildman–Crippen MR) is 95.6 cm³/mol. The fourth-order valence-corrected chi connectivity index (χ4v) is 2.62. The van der Waals surface area contributed by atoms with Crippen molar-refractivity contribution >= 4 is 17.4 Å². The number of benzene rings is 2. The minimum atomic E-state index is -0.863. The lowest BCUT2D eigenvalue weighted by molar-refractivity contribution is -0.137. The number of nitrogens with one attached hydrogen (secondary N) is 1. The first kappa shape index (κ1) is 18.2. The molecule has 2 N–H and O–H groups in total. The highest BCUT2D eigenvalue weighted by Gasteiger charge is 2.15. The van der Waals surface area contributed by atoms with Gasteiger partial charge in [0.2, 0.25) is 0 Å². The fourth-order valence-electron chi connectivity index (χ4n) is 2.62. The average molecular weight is 336 g/mol. The molecule has 0 spiro atoms. The zero-order chi connectivity index (χ0) is 18.2. The van der Waals surface area contributed by atoms with E-state index in [-0.39, 0.29) is 18.2 Å². The summed E-state index contributed by atoms with van der Waals surface area (Å²) in [7, 11) is 0. The standard InChI is InChI=1S/C20H20N2O3/c1-14(23)16-7-8-17(13-21)19(12-16)22-18(9-10-20(24)25)11-15-5-3-2-4-6-15/h2-8,12,18,22H,9-11H2,1H3,(H,24,25). The average Bonchev–Trinajstić information content (AvgIpc) is 2.60. The van der Waals surface area contributed by atoms with Crippen molar-refractivity contribution in [1.82, 2.24) is 0 Å². The third-order valence-corrected chi connectivity index (χ3v) is 3.94. The minimum absolute atomic E-state index is 0.0266. The Morgan fingerprint density at radius 3 is 2.52 bits per heavy atom. The van der Waals surface area contributed by atoms with Crippen LogP contribution in [0.15, 0.2) is 48.5 Å². The van der Waals surface area contributed by atoms with Crippen LogP contribution in [-0.4, -0.2) is 22.9 Å². The van der Waals surface area contributed by atoms with Crippen LogP contribution in [0.1, 0.15) is 41.3 Å². The van der Waals surface area contributed by atoms with Crippen LogP contribution in [0, 0.1) is 11.3 Å². The van der Waals surface area contributed by atoms with Gasteiger partial charge in [-0.15, -0.1) is 0 Å². The molecule has 0 aliphatic heterocycles. The summed E-state index contributed by atoms with van der Waals surface area (Å²) in [6.07, 6.45) is 1.07. The van der Waals surface area contributed by atoms with Crippen LogP contribution in [-0.2, 0) is 11.2 Å². The zero-order valence-electron chi connectivity index (χ0n) is 14.0. The van der Waals surface area contributed by atoms with Gasteiger partial charge in [-0.1, -0.05) is 30.3 Å². The second-order valence-electron chi connectivity index (χ2n) is 5.89. The third-order valence-electron chi connectivity index (χ3n) is 3.94. The molecule has 1 atom stereocenters. The number of anilines is 1. The molecule has 0 amide bonds. The van der Waals surface area contributed by atoms with E-state index in [2.05, 4.69) is 11.4 Å². The first-order chi connectivity index (χ1) is 12.0. The SMILES string of the molecule is CC(=O)c1ccc(C#N)c(NC(CCC(=O)O)Cc2ccccc2)c1. The number of aliphatic carboxylic acids is 1. The Morgan fingerprint density at radius 2 is 1.92 bits per heavy atom. The molecule has 0 aromatic heterocycles. The second kappa shape index (κ2) is 8.65. The van der Waals surface area contributed by atoms with Crippen LogP contribution in [0.4, 0.5) is 5.69 Å². The van der Waals surface area contributed by atoms with Crippen molar-refractivity contribution in [2.24, 2.45) is 0 Å². The van der Waals surface area contributed by atoms with Crippen LogP contribution in [0.2, 0.25) is 0 Å². The van der Waals surface area contributed by atoms with E-state index >= 15 is 0 Å². The molecule has 0 saturated heterocycles. The summed E-state index contributed by atoms with van der Waals surface area (Å²) in [6.45, 7) is 1.47. The smallest absolute Gasteiger partial charge is 0.303 e. The van der Waals surface area contributed by atoms with E-state index < -0.39 is 5.97 Å². The van der Waals surface area contributed by atoms with Gasteiger partial charge in [-0.3, -0.25) is 9.59 Å². The number of nitriles is 1. The van der Waals surface area contributed by atoms with Crippen molar-refractivity contribution in [3.8, 4) is 6.07 Å². The lowest BCUT2D eigenvalue weighted by atomic mass is 10.00. The lowest BCUT2D eigenvalue weighted by Crippen LogP contribution is -2.24. The monoisotopic (exact) mass is 336 g/mol. The Bertz CT molecular complexity index is 794. The number of ketones is 1. The summed E-state index contributed by atoms with van der Waals surface area (Å²) in [5.74, 6) is -0.949. The van der Waals surface area contributed by atoms with E-state index in [1.165, 1.54) is 6.92 Å². The normalized spacial score (nSPS) is 11.4. The van der Waals surface area contributed by atoms with Crippen molar-refractivity contribution in [1.29, 1.82) is 5.26 Å². The number of carbonyl (C=O) groups excluding carboxylic acids is 1. The van der Waals surface area contributed by atoms with Gasteiger partial charge in [-0.2, -0.15) is 5.26 Å². The highest BCUT2D eigenvalue weighted by molar-refractivity contribution is 5.95. The van der Waals surface area contributed by atoms with Gasteiger partial charge in [0.05, 0.1) is 11.3 Å². The summed E-state index contributed by atoms with van der Waals surface area (Å²) in [6, 6.07) is 16.6. The van der Waals surface area contributed by atoms with Gasteiger partial charge in [0.25, 0.3) is 0 Å². The Labute approximate surface area is 146 Å². The summed E-state index contributed by atoms with van der Waals surface area (Å²) >= 11 is 0. The van der Waals surface area contributed by atoms with Crippen LogP contribution in [0.5, 0.6) is 0 Å². The van der Waals surface area contributed by atoms with Crippen molar-refractivity contribution in [2.45, 2.75) is 32.2 Å². The highest BCUT2D eigenvalue weighted by Crippen LogP contribution is 2.21. The van der Waals surface area contributed by atoms with E-state index in [1.807, 2.05) is 30.3 Å². The van der Waals surface area contributed by atoms with Crippen molar-refractivity contribution in [3.05, 3.63) is 65.2 Å². The number of hydrogen-bond donors (Lipinski definition) is 2. The van der Waals surface area contributed by atoms with Crippen molar-refractivity contribution in [3.63, 3.8) is 0 Å². The molecular formula is C20H20N2O3. The molecule has 1 unspecified atom stereocenters. The zero-order valence-corrected chi connectivity index (χ0v) is 14.0. The molecule has 5 heteroatoms. The summed E-state index contributed by atoms with van der Waals surface area (Å²) in [5.41, 5.74) is 2.57. The molecule has 0 heterocycles. The van der Waals surface area contributed by atoms with E-state index in [4.69, 9.17) is 5.11 Å². The molecular weight excluding hydrogens is 316 g/mol. The topological polar surface area (TPSA) is 90.2 Å². The van der Waals surface area contributed by atoms with Gasteiger partial charge in [-0.05, 0) is 43.5 Å².